The molecule has 1 amide bonds. The molecule has 0 bridgehead atoms. The van der Waals surface area contributed by atoms with Crippen LogP contribution in [-0.2, 0) is 23.8 Å². The lowest BCUT2D eigenvalue weighted by Crippen LogP contribution is -2.20. The predicted octanol–water partition coefficient (Wildman–Crippen LogP) is 4.78. The highest BCUT2D eigenvalue weighted by Crippen LogP contribution is 2.30. The Labute approximate surface area is 178 Å². The molecule has 2 N–H and O–H groups in total. The molecule has 4 rings (SSSR count). The molecule has 158 valence electrons. The van der Waals surface area contributed by atoms with Crippen molar-refractivity contribution in [2.24, 2.45) is 0 Å². The molecule has 0 aliphatic carbocycles. The number of amides is 1. The summed E-state index contributed by atoms with van der Waals surface area (Å²) >= 11 is 1.23. The number of halogens is 3. The zero-order chi connectivity index (χ0) is 22.0. The van der Waals surface area contributed by atoms with E-state index in [0.717, 1.165) is 22.4 Å². The van der Waals surface area contributed by atoms with Gasteiger partial charge in [-0.05, 0) is 35.2 Å². The Morgan fingerprint density at radius 3 is 2.58 bits per heavy atom. The number of alkyl halides is 3. The fourth-order valence-corrected chi connectivity index (χ4v) is 3.98. The van der Waals surface area contributed by atoms with Gasteiger partial charge in [-0.2, -0.15) is 13.2 Å². The van der Waals surface area contributed by atoms with Crippen molar-refractivity contribution >= 4 is 33.3 Å². The number of para-hydroxylation sites is 1. The Kier molecular flexibility index (Phi) is 5.60. The molecule has 0 radical (unpaired) electrons. The quantitative estimate of drug-likeness (QED) is 0.466. The highest BCUT2D eigenvalue weighted by molar-refractivity contribution is 7.15. The summed E-state index contributed by atoms with van der Waals surface area (Å²) in [6, 6.07) is 13.9. The van der Waals surface area contributed by atoms with Gasteiger partial charge in [-0.3, -0.25) is 9.59 Å². The molecule has 0 aliphatic rings. The van der Waals surface area contributed by atoms with Gasteiger partial charge < -0.3 is 10.3 Å². The molecule has 0 fully saturated rings. The van der Waals surface area contributed by atoms with Crippen molar-refractivity contribution in [1.29, 1.82) is 0 Å². The fourth-order valence-electron chi connectivity index (χ4n) is 3.12. The third kappa shape index (κ3) is 5.00. The van der Waals surface area contributed by atoms with Crippen LogP contribution in [0.3, 0.4) is 0 Å². The number of benzene rings is 2. The number of hydrogen-bond acceptors (Lipinski definition) is 4. The van der Waals surface area contributed by atoms with Crippen molar-refractivity contribution in [3.63, 3.8) is 0 Å². The first kappa shape index (κ1) is 20.8. The van der Waals surface area contributed by atoms with Gasteiger partial charge in [0, 0.05) is 28.6 Å². The summed E-state index contributed by atoms with van der Waals surface area (Å²) in [6.45, 7) is 0. The number of nitrogens with zero attached hydrogens (tertiary/aromatic N) is 1. The van der Waals surface area contributed by atoms with Crippen molar-refractivity contribution in [1.82, 2.24) is 9.97 Å². The second-order valence-electron chi connectivity index (χ2n) is 6.94. The SMILES string of the molecule is O=C(Cc1cc2ccccc2[nH]c1=O)Nc1ncc(Cc2ccc(C(F)(F)F)cc2)s1. The molecule has 2 aromatic heterocycles. The molecule has 2 aromatic carbocycles. The van der Waals surface area contributed by atoms with Gasteiger partial charge in [0.15, 0.2) is 5.13 Å². The lowest BCUT2D eigenvalue weighted by atomic mass is 10.1. The minimum atomic E-state index is -4.37. The van der Waals surface area contributed by atoms with E-state index in [9.17, 15) is 22.8 Å². The average molecular weight is 443 g/mol. The summed E-state index contributed by atoms with van der Waals surface area (Å²) in [4.78, 5) is 32.2. The predicted molar refractivity (Wildman–Crippen MR) is 113 cm³/mol. The molecule has 0 saturated carbocycles. The Morgan fingerprint density at radius 2 is 1.84 bits per heavy atom. The van der Waals surface area contributed by atoms with Gasteiger partial charge in [-0.15, -0.1) is 11.3 Å². The summed E-state index contributed by atoms with van der Waals surface area (Å²) in [6.07, 6.45) is -2.50. The van der Waals surface area contributed by atoms with Crippen molar-refractivity contribution < 1.29 is 18.0 Å². The van der Waals surface area contributed by atoms with E-state index in [2.05, 4.69) is 15.3 Å². The zero-order valence-corrected chi connectivity index (χ0v) is 16.8. The largest absolute Gasteiger partial charge is 0.416 e. The van der Waals surface area contributed by atoms with E-state index in [1.165, 1.54) is 23.5 Å². The van der Waals surface area contributed by atoms with E-state index in [1.807, 2.05) is 18.2 Å². The van der Waals surface area contributed by atoms with Crippen molar-refractivity contribution in [2.45, 2.75) is 19.0 Å². The Balaban J connectivity index is 1.40. The number of aromatic nitrogens is 2. The van der Waals surface area contributed by atoms with Crippen LogP contribution >= 0.6 is 11.3 Å². The first-order valence-corrected chi connectivity index (χ1v) is 10.1. The smallest absolute Gasteiger partial charge is 0.322 e. The molecule has 5 nitrogen and oxygen atoms in total. The lowest BCUT2D eigenvalue weighted by molar-refractivity contribution is -0.137. The second-order valence-corrected chi connectivity index (χ2v) is 8.05. The topological polar surface area (TPSA) is 74.8 Å². The number of anilines is 1. The molecule has 0 unspecified atom stereocenters. The number of aromatic amines is 1. The number of hydrogen-bond donors (Lipinski definition) is 2. The molecule has 2 heterocycles. The third-order valence-electron chi connectivity index (χ3n) is 4.64. The van der Waals surface area contributed by atoms with E-state index in [0.29, 0.717) is 28.2 Å². The molecule has 0 aliphatic heterocycles. The first-order chi connectivity index (χ1) is 14.8. The minimum absolute atomic E-state index is 0.103. The second kappa shape index (κ2) is 8.35. The van der Waals surface area contributed by atoms with Crippen LogP contribution in [0.15, 0.2) is 65.6 Å². The Hall–Kier alpha value is -3.46. The molecule has 9 heteroatoms. The summed E-state index contributed by atoms with van der Waals surface area (Å²) in [5.41, 5.74) is 0.729. The number of carbonyl (C=O) groups is 1. The minimum Gasteiger partial charge on any atom is -0.322 e. The van der Waals surface area contributed by atoms with Crippen LogP contribution in [0.2, 0.25) is 0 Å². The van der Waals surface area contributed by atoms with E-state index < -0.39 is 11.7 Å². The van der Waals surface area contributed by atoms with Crippen molar-refractivity contribution in [2.75, 3.05) is 5.32 Å². The van der Waals surface area contributed by atoms with E-state index in [1.54, 1.807) is 18.3 Å². The van der Waals surface area contributed by atoms with Crippen molar-refractivity contribution in [3.8, 4) is 0 Å². The van der Waals surface area contributed by atoms with Gasteiger partial charge in [-0.1, -0.05) is 30.3 Å². The average Bonchev–Trinajstić information content (AvgIpc) is 3.15. The highest BCUT2D eigenvalue weighted by atomic mass is 32.1. The molecule has 4 aromatic rings. The number of thiazole rings is 1. The van der Waals surface area contributed by atoms with Gasteiger partial charge >= 0.3 is 6.18 Å². The van der Waals surface area contributed by atoms with Crippen molar-refractivity contribution in [3.05, 3.63) is 92.7 Å². The normalized spacial score (nSPS) is 11.6. The van der Waals surface area contributed by atoms with Crippen LogP contribution < -0.4 is 10.9 Å². The third-order valence-corrected chi connectivity index (χ3v) is 5.55. The van der Waals surface area contributed by atoms with Crippen LogP contribution in [0.1, 0.15) is 21.6 Å². The standard InChI is InChI=1S/C22H16F3N3O2S/c23-22(24,25)16-7-5-13(6-8-16)9-17-12-26-21(31-17)28-19(29)11-15-10-14-3-1-2-4-18(14)27-20(15)30/h1-8,10,12H,9,11H2,(H,27,30)(H,26,28,29). The summed E-state index contributed by atoms with van der Waals surface area (Å²) in [5.74, 6) is -0.379. The molecular formula is C22H16F3N3O2S. The summed E-state index contributed by atoms with van der Waals surface area (Å²) < 4.78 is 38.0. The lowest BCUT2D eigenvalue weighted by Gasteiger charge is -2.06. The van der Waals surface area contributed by atoms with E-state index in [4.69, 9.17) is 0 Å². The Bertz CT molecular complexity index is 1290. The van der Waals surface area contributed by atoms with Crippen LogP contribution in [0.25, 0.3) is 10.9 Å². The van der Waals surface area contributed by atoms with Crippen LogP contribution in [0.5, 0.6) is 0 Å². The maximum Gasteiger partial charge on any atom is 0.416 e. The van der Waals surface area contributed by atoms with E-state index in [-0.39, 0.29) is 17.9 Å². The fraction of sp³-hybridized carbons (Fsp3) is 0.136. The van der Waals surface area contributed by atoms with Gasteiger partial charge in [0.2, 0.25) is 5.91 Å². The number of nitrogens with one attached hydrogen (secondary N) is 2. The Morgan fingerprint density at radius 1 is 1.10 bits per heavy atom. The molecule has 31 heavy (non-hydrogen) atoms. The maximum absolute atomic E-state index is 12.7. The van der Waals surface area contributed by atoms with E-state index >= 15 is 0 Å². The maximum atomic E-state index is 12.7. The number of rotatable bonds is 5. The van der Waals surface area contributed by atoms with Gasteiger partial charge in [0.25, 0.3) is 5.56 Å². The van der Waals surface area contributed by atoms with Gasteiger partial charge in [0.1, 0.15) is 0 Å². The van der Waals surface area contributed by atoms with Crippen LogP contribution in [0.4, 0.5) is 18.3 Å². The highest BCUT2D eigenvalue weighted by Gasteiger charge is 2.29. The van der Waals surface area contributed by atoms with Crippen LogP contribution in [0, 0.1) is 0 Å². The number of fused-ring (bicyclic) bond motifs is 1. The molecule has 0 atom stereocenters. The molecule has 0 spiro atoms. The number of carbonyl (C=O) groups excluding carboxylic acids is 1. The van der Waals surface area contributed by atoms with Crippen LogP contribution in [-0.4, -0.2) is 15.9 Å². The molecule has 0 saturated heterocycles. The number of H-pyrrole nitrogens is 1. The monoisotopic (exact) mass is 443 g/mol. The summed E-state index contributed by atoms with van der Waals surface area (Å²) in [7, 11) is 0. The van der Waals surface area contributed by atoms with Gasteiger partial charge in [0.05, 0.1) is 12.0 Å². The zero-order valence-electron chi connectivity index (χ0n) is 16.0. The molecular weight excluding hydrogens is 427 g/mol. The van der Waals surface area contributed by atoms with Gasteiger partial charge in [-0.25, -0.2) is 4.98 Å². The summed E-state index contributed by atoms with van der Waals surface area (Å²) in [5, 5.41) is 3.86. The first-order valence-electron chi connectivity index (χ1n) is 9.29. The number of pyridine rings is 1.